The van der Waals surface area contributed by atoms with Crippen molar-refractivity contribution in [2.24, 2.45) is 5.73 Å². The van der Waals surface area contributed by atoms with E-state index < -0.39 is 0 Å². The predicted octanol–water partition coefficient (Wildman–Crippen LogP) is 2.46. The van der Waals surface area contributed by atoms with Crippen LogP contribution in [0.15, 0.2) is 24.3 Å². The monoisotopic (exact) mass is 225 g/mol. The van der Waals surface area contributed by atoms with Gasteiger partial charge in [-0.3, -0.25) is 0 Å². The van der Waals surface area contributed by atoms with E-state index in [1.807, 2.05) is 23.9 Å². The van der Waals surface area contributed by atoms with E-state index >= 15 is 0 Å². The highest BCUT2D eigenvalue weighted by molar-refractivity contribution is 7.99. The molecule has 3 heteroatoms. The molecule has 2 N–H and O–H groups in total. The lowest BCUT2D eigenvalue weighted by atomic mass is 10.2. The average molecular weight is 225 g/mol. The van der Waals surface area contributed by atoms with Crippen molar-refractivity contribution in [2.75, 3.05) is 24.7 Å². The Morgan fingerprint density at radius 1 is 1.20 bits per heavy atom. The molecular formula is C12H19NOS. The van der Waals surface area contributed by atoms with Crippen molar-refractivity contribution in [1.29, 1.82) is 0 Å². The fourth-order valence-electron chi connectivity index (χ4n) is 1.14. The van der Waals surface area contributed by atoms with E-state index in [2.05, 4.69) is 19.1 Å². The van der Waals surface area contributed by atoms with Crippen LogP contribution in [0.5, 0.6) is 5.75 Å². The van der Waals surface area contributed by atoms with E-state index in [0.29, 0.717) is 0 Å². The van der Waals surface area contributed by atoms with Crippen LogP contribution in [0.4, 0.5) is 0 Å². The number of hydrogen-bond donors (Lipinski definition) is 1. The van der Waals surface area contributed by atoms with Crippen LogP contribution in [0.1, 0.15) is 12.0 Å². The van der Waals surface area contributed by atoms with E-state index in [4.69, 9.17) is 10.5 Å². The molecule has 0 saturated heterocycles. The molecule has 0 bridgehead atoms. The number of hydrogen-bond acceptors (Lipinski definition) is 3. The minimum Gasteiger partial charge on any atom is -0.493 e. The average Bonchev–Trinajstić information content (AvgIpc) is 2.26. The maximum atomic E-state index is 5.59. The van der Waals surface area contributed by atoms with Gasteiger partial charge in [0.2, 0.25) is 0 Å². The number of nitrogens with two attached hydrogens (primary N) is 1. The van der Waals surface area contributed by atoms with Gasteiger partial charge in [-0.05, 0) is 37.8 Å². The van der Waals surface area contributed by atoms with Crippen molar-refractivity contribution in [3.63, 3.8) is 0 Å². The summed E-state index contributed by atoms with van der Waals surface area (Å²) in [5.41, 5.74) is 6.67. The second kappa shape index (κ2) is 7.60. The molecule has 0 spiro atoms. The number of rotatable bonds is 7. The third-order valence-electron chi connectivity index (χ3n) is 2.01. The van der Waals surface area contributed by atoms with Gasteiger partial charge in [0.15, 0.2) is 0 Å². The van der Waals surface area contributed by atoms with Gasteiger partial charge in [-0.2, -0.15) is 11.8 Å². The lowest BCUT2D eigenvalue weighted by molar-refractivity contribution is 0.344. The summed E-state index contributed by atoms with van der Waals surface area (Å²) in [5.74, 6) is 3.13. The molecule has 0 radical (unpaired) electrons. The Morgan fingerprint density at radius 2 is 1.93 bits per heavy atom. The predicted molar refractivity (Wildman–Crippen MR) is 67.7 cm³/mol. The molecule has 84 valence electrons. The summed E-state index contributed by atoms with van der Waals surface area (Å²) in [7, 11) is 0. The molecule has 0 heterocycles. The molecule has 0 saturated carbocycles. The third kappa shape index (κ3) is 5.70. The van der Waals surface area contributed by atoms with E-state index in [-0.39, 0.29) is 0 Å². The van der Waals surface area contributed by atoms with Crippen LogP contribution >= 0.6 is 11.8 Å². The molecule has 0 atom stereocenters. The second-order valence-corrected chi connectivity index (χ2v) is 4.64. The van der Waals surface area contributed by atoms with Gasteiger partial charge in [0.25, 0.3) is 0 Å². The molecule has 2 nitrogen and oxygen atoms in total. The van der Waals surface area contributed by atoms with Crippen molar-refractivity contribution in [3.05, 3.63) is 29.8 Å². The summed E-state index contributed by atoms with van der Waals surface area (Å²) in [6, 6.07) is 8.16. The standard InChI is InChI=1S/C12H19NOS/c1-11-3-5-12(6-4-11)14-8-10-15-9-2-7-13/h3-6H,2,7-10,13H2,1H3. The summed E-state index contributed by atoms with van der Waals surface area (Å²) in [4.78, 5) is 0. The number of aryl methyl sites for hydroxylation is 1. The minimum atomic E-state index is 0.776. The zero-order valence-corrected chi connectivity index (χ0v) is 10.1. The highest BCUT2D eigenvalue weighted by Crippen LogP contribution is 2.12. The molecule has 0 aromatic heterocycles. The summed E-state index contributed by atoms with van der Waals surface area (Å²) in [6.07, 6.45) is 1.09. The first-order valence-electron chi connectivity index (χ1n) is 5.30. The van der Waals surface area contributed by atoms with Gasteiger partial charge in [0.05, 0.1) is 6.61 Å². The lowest BCUT2D eigenvalue weighted by Gasteiger charge is -2.05. The van der Waals surface area contributed by atoms with Gasteiger partial charge < -0.3 is 10.5 Å². The van der Waals surface area contributed by atoms with Crippen LogP contribution < -0.4 is 10.5 Å². The van der Waals surface area contributed by atoms with E-state index in [9.17, 15) is 0 Å². The number of ether oxygens (including phenoxy) is 1. The molecule has 1 aromatic carbocycles. The zero-order valence-electron chi connectivity index (χ0n) is 9.24. The quantitative estimate of drug-likeness (QED) is 0.724. The SMILES string of the molecule is Cc1ccc(OCCSCCCN)cc1. The largest absolute Gasteiger partial charge is 0.493 e. The fraction of sp³-hybridized carbons (Fsp3) is 0.500. The summed E-state index contributed by atoms with van der Waals surface area (Å²) in [6.45, 7) is 3.64. The van der Waals surface area contributed by atoms with E-state index in [0.717, 1.165) is 36.8 Å². The van der Waals surface area contributed by atoms with Crippen LogP contribution in [0.3, 0.4) is 0 Å². The molecule has 0 aliphatic rings. The molecule has 1 rings (SSSR count). The molecular weight excluding hydrogens is 206 g/mol. The molecule has 0 amide bonds. The van der Waals surface area contributed by atoms with E-state index in [1.54, 1.807) is 0 Å². The molecule has 0 unspecified atom stereocenters. The molecule has 0 fully saturated rings. The van der Waals surface area contributed by atoms with Gasteiger partial charge in [-0.15, -0.1) is 0 Å². The Bertz CT molecular complexity index is 261. The topological polar surface area (TPSA) is 35.2 Å². The summed E-state index contributed by atoms with van der Waals surface area (Å²) >= 11 is 1.90. The Balaban J connectivity index is 2.07. The molecule has 1 aromatic rings. The van der Waals surface area contributed by atoms with Crippen LogP contribution in [0, 0.1) is 6.92 Å². The van der Waals surface area contributed by atoms with Crippen molar-refractivity contribution >= 4 is 11.8 Å². The first-order chi connectivity index (χ1) is 7.33. The van der Waals surface area contributed by atoms with E-state index in [1.165, 1.54) is 5.56 Å². The molecule has 0 aliphatic carbocycles. The van der Waals surface area contributed by atoms with Crippen LogP contribution in [-0.4, -0.2) is 24.7 Å². The first-order valence-corrected chi connectivity index (χ1v) is 6.45. The Morgan fingerprint density at radius 3 is 2.60 bits per heavy atom. The van der Waals surface area contributed by atoms with Gasteiger partial charge in [0, 0.05) is 5.75 Å². The Labute approximate surface area is 96.2 Å². The van der Waals surface area contributed by atoms with Crippen molar-refractivity contribution in [1.82, 2.24) is 0 Å². The van der Waals surface area contributed by atoms with Crippen LogP contribution in [0.25, 0.3) is 0 Å². The van der Waals surface area contributed by atoms with Crippen molar-refractivity contribution in [2.45, 2.75) is 13.3 Å². The number of benzene rings is 1. The highest BCUT2D eigenvalue weighted by atomic mass is 32.2. The maximum Gasteiger partial charge on any atom is 0.119 e. The Hall–Kier alpha value is -0.670. The fourth-order valence-corrected chi connectivity index (χ4v) is 1.92. The normalized spacial score (nSPS) is 10.3. The van der Waals surface area contributed by atoms with Crippen LogP contribution in [0.2, 0.25) is 0 Å². The van der Waals surface area contributed by atoms with Gasteiger partial charge in [0.1, 0.15) is 5.75 Å². The smallest absolute Gasteiger partial charge is 0.119 e. The molecule has 15 heavy (non-hydrogen) atoms. The van der Waals surface area contributed by atoms with Gasteiger partial charge >= 0.3 is 0 Å². The zero-order chi connectivity index (χ0) is 10.9. The van der Waals surface area contributed by atoms with Gasteiger partial charge in [-0.1, -0.05) is 17.7 Å². The van der Waals surface area contributed by atoms with Gasteiger partial charge in [-0.25, -0.2) is 0 Å². The highest BCUT2D eigenvalue weighted by Gasteiger charge is 1.93. The van der Waals surface area contributed by atoms with Crippen molar-refractivity contribution in [3.8, 4) is 5.75 Å². The maximum absolute atomic E-state index is 5.59. The minimum absolute atomic E-state index is 0.776. The molecule has 0 aliphatic heterocycles. The Kier molecular flexibility index (Phi) is 6.28. The second-order valence-electron chi connectivity index (χ2n) is 3.42. The van der Waals surface area contributed by atoms with Crippen molar-refractivity contribution < 1.29 is 4.74 Å². The summed E-state index contributed by atoms with van der Waals surface area (Å²) < 4.78 is 5.59. The van der Waals surface area contributed by atoms with Crippen LogP contribution in [-0.2, 0) is 0 Å². The lowest BCUT2D eigenvalue weighted by Crippen LogP contribution is -2.03. The third-order valence-corrected chi connectivity index (χ3v) is 3.04. The number of thioether (sulfide) groups is 1. The first kappa shape index (κ1) is 12.4. The summed E-state index contributed by atoms with van der Waals surface area (Å²) in [5, 5.41) is 0.